The van der Waals surface area contributed by atoms with E-state index in [1.165, 1.54) is 44.0 Å². The van der Waals surface area contributed by atoms with Crippen molar-refractivity contribution in [2.75, 3.05) is 11.9 Å². The van der Waals surface area contributed by atoms with Crippen LogP contribution in [0.1, 0.15) is 11.1 Å². The van der Waals surface area contributed by atoms with Crippen LogP contribution in [-0.2, 0) is 0 Å². The monoisotopic (exact) mass is 307 g/mol. The second kappa shape index (κ2) is 4.97. The summed E-state index contributed by atoms with van der Waals surface area (Å²) < 4.78 is 0. The van der Waals surface area contributed by atoms with Crippen molar-refractivity contribution in [3.8, 4) is 0 Å². The summed E-state index contributed by atoms with van der Waals surface area (Å²) in [6.07, 6.45) is 4.47. The van der Waals surface area contributed by atoms with Gasteiger partial charge in [0.15, 0.2) is 0 Å². The van der Waals surface area contributed by atoms with Gasteiger partial charge >= 0.3 is 0 Å². The van der Waals surface area contributed by atoms with Gasteiger partial charge in [0.2, 0.25) is 0 Å². The van der Waals surface area contributed by atoms with Crippen LogP contribution in [0.5, 0.6) is 0 Å². The smallest absolute Gasteiger partial charge is 0.0488 e. The lowest BCUT2D eigenvalue weighted by atomic mass is 10.0. The molecule has 1 heteroatoms. The van der Waals surface area contributed by atoms with Crippen molar-refractivity contribution in [3.63, 3.8) is 0 Å². The number of fused-ring (bicyclic) bond motifs is 4. The third-order valence-corrected chi connectivity index (χ3v) is 4.96. The van der Waals surface area contributed by atoms with Crippen molar-refractivity contribution in [1.82, 2.24) is 0 Å². The lowest BCUT2D eigenvalue weighted by Crippen LogP contribution is -2.11. The van der Waals surface area contributed by atoms with Crippen LogP contribution >= 0.6 is 0 Å². The molecule has 0 amide bonds. The third-order valence-electron chi connectivity index (χ3n) is 4.96. The standard InChI is InChI=1S/C23H17N/c1-24-22-14-18-8-4-2-6-16(18)12-20(22)10-11-21-13-17-7-3-5-9-19(17)15-23(21)24/h2-15H,1H3. The average molecular weight is 307 g/mol. The van der Waals surface area contributed by atoms with E-state index < -0.39 is 0 Å². The second-order valence-electron chi connectivity index (χ2n) is 6.41. The minimum atomic E-state index is 1.25. The molecular weight excluding hydrogens is 290 g/mol. The fourth-order valence-corrected chi connectivity index (χ4v) is 3.65. The van der Waals surface area contributed by atoms with Gasteiger partial charge in [0.05, 0.1) is 0 Å². The molecule has 0 fully saturated rings. The summed E-state index contributed by atoms with van der Waals surface area (Å²) in [6, 6.07) is 26.3. The van der Waals surface area contributed by atoms with Gasteiger partial charge < -0.3 is 4.90 Å². The van der Waals surface area contributed by atoms with Gasteiger partial charge in [0.25, 0.3) is 0 Å². The van der Waals surface area contributed by atoms with Gasteiger partial charge in [-0.3, -0.25) is 0 Å². The molecule has 1 aliphatic heterocycles. The van der Waals surface area contributed by atoms with Crippen LogP contribution < -0.4 is 4.90 Å². The van der Waals surface area contributed by atoms with Gasteiger partial charge in [0.1, 0.15) is 0 Å². The van der Waals surface area contributed by atoms with Crippen molar-refractivity contribution in [3.05, 3.63) is 83.9 Å². The zero-order chi connectivity index (χ0) is 16.1. The maximum atomic E-state index is 2.31. The first kappa shape index (κ1) is 13.4. The van der Waals surface area contributed by atoms with Crippen molar-refractivity contribution in [2.24, 2.45) is 0 Å². The highest BCUT2D eigenvalue weighted by atomic mass is 15.1. The van der Waals surface area contributed by atoms with E-state index in [4.69, 9.17) is 0 Å². The summed E-state index contributed by atoms with van der Waals surface area (Å²) in [5.41, 5.74) is 5.02. The molecule has 0 radical (unpaired) electrons. The summed E-state index contributed by atoms with van der Waals surface area (Å²) in [7, 11) is 2.16. The van der Waals surface area contributed by atoms with E-state index in [1.807, 2.05) is 0 Å². The van der Waals surface area contributed by atoms with E-state index in [2.05, 4.69) is 96.9 Å². The Hall–Kier alpha value is -3.06. The lowest BCUT2D eigenvalue weighted by Gasteiger charge is -2.23. The van der Waals surface area contributed by atoms with Crippen molar-refractivity contribution in [1.29, 1.82) is 0 Å². The molecule has 1 nitrogen and oxygen atoms in total. The number of rotatable bonds is 0. The van der Waals surface area contributed by atoms with Crippen LogP contribution in [0, 0.1) is 0 Å². The zero-order valence-corrected chi connectivity index (χ0v) is 13.5. The van der Waals surface area contributed by atoms with Gasteiger partial charge in [-0.2, -0.15) is 0 Å². The lowest BCUT2D eigenvalue weighted by molar-refractivity contribution is 1.21. The van der Waals surface area contributed by atoms with Crippen LogP contribution in [0.25, 0.3) is 33.7 Å². The van der Waals surface area contributed by atoms with Gasteiger partial charge in [-0.15, -0.1) is 0 Å². The van der Waals surface area contributed by atoms with E-state index in [0.29, 0.717) is 0 Å². The van der Waals surface area contributed by atoms with Gasteiger partial charge in [-0.25, -0.2) is 0 Å². The molecule has 114 valence electrons. The van der Waals surface area contributed by atoms with E-state index in [0.717, 1.165) is 0 Å². The molecule has 1 aliphatic rings. The van der Waals surface area contributed by atoms with Gasteiger partial charge in [-0.05, 0) is 56.9 Å². The molecule has 1 heterocycles. The summed E-state index contributed by atoms with van der Waals surface area (Å²) in [5.74, 6) is 0. The first-order valence-electron chi connectivity index (χ1n) is 8.27. The van der Waals surface area contributed by atoms with E-state index >= 15 is 0 Å². The van der Waals surface area contributed by atoms with Crippen LogP contribution in [0.2, 0.25) is 0 Å². The molecule has 5 rings (SSSR count). The molecule has 0 N–H and O–H groups in total. The Labute approximate surface area is 141 Å². The average Bonchev–Trinajstić information content (AvgIpc) is 2.76. The van der Waals surface area contributed by atoms with E-state index in [1.54, 1.807) is 0 Å². The predicted octanol–water partition coefficient (Wildman–Crippen LogP) is 6.24. The van der Waals surface area contributed by atoms with Gasteiger partial charge in [-0.1, -0.05) is 60.7 Å². The maximum Gasteiger partial charge on any atom is 0.0488 e. The minimum absolute atomic E-state index is 1.25. The molecular formula is C23H17N. The minimum Gasteiger partial charge on any atom is -0.344 e. The molecule has 0 unspecified atom stereocenters. The molecule has 4 aromatic rings. The Morgan fingerprint density at radius 2 is 0.917 bits per heavy atom. The number of hydrogen-bond acceptors (Lipinski definition) is 1. The third kappa shape index (κ3) is 1.95. The number of nitrogens with zero attached hydrogens (tertiary/aromatic N) is 1. The number of anilines is 2. The van der Waals surface area contributed by atoms with Crippen LogP contribution in [0.4, 0.5) is 11.4 Å². The van der Waals surface area contributed by atoms with Crippen molar-refractivity contribution in [2.45, 2.75) is 0 Å². The SMILES string of the molecule is CN1c2cc3ccccc3cc2C=Cc2cc3ccccc3cc21. The van der Waals surface area contributed by atoms with Crippen LogP contribution in [-0.4, -0.2) is 7.05 Å². The Morgan fingerprint density at radius 1 is 0.542 bits per heavy atom. The van der Waals surface area contributed by atoms with Gasteiger partial charge in [0, 0.05) is 18.4 Å². The largest absolute Gasteiger partial charge is 0.344 e. The molecule has 0 bridgehead atoms. The summed E-state index contributed by atoms with van der Waals surface area (Å²) >= 11 is 0. The van der Waals surface area contributed by atoms with Crippen molar-refractivity contribution >= 4 is 45.1 Å². The maximum absolute atomic E-state index is 2.31. The summed E-state index contributed by atoms with van der Waals surface area (Å²) in [4.78, 5) is 2.31. The summed E-state index contributed by atoms with van der Waals surface area (Å²) in [5, 5.41) is 5.12. The Balaban J connectivity index is 1.80. The number of hydrogen-bond donors (Lipinski definition) is 0. The molecule has 0 atom stereocenters. The molecule has 0 saturated heterocycles. The number of benzene rings is 4. The normalized spacial score (nSPS) is 13.0. The fourth-order valence-electron chi connectivity index (χ4n) is 3.65. The fraction of sp³-hybridized carbons (Fsp3) is 0.0435. The summed E-state index contributed by atoms with van der Waals surface area (Å²) in [6.45, 7) is 0. The Morgan fingerprint density at radius 3 is 1.33 bits per heavy atom. The molecule has 24 heavy (non-hydrogen) atoms. The Bertz CT molecular complexity index is 1030. The van der Waals surface area contributed by atoms with Crippen LogP contribution in [0.15, 0.2) is 72.8 Å². The highest BCUT2D eigenvalue weighted by Crippen LogP contribution is 2.39. The molecule has 0 aliphatic carbocycles. The molecule has 0 aromatic heterocycles. The van der Waals surface area contributed by atoms with E-state index in [9.17, 15) is 0 Å². The molecule has 4 aromatic carbocycles. The zero-order valence-electron chi connectivity index (χ0n) is 13.5. The first-order chi connectivity index (χ1) is 11.8. The van der Waals surface area contributed by atoms with E-state index in [-0.39, 0.29) is 0 Å². The molecule has 0 saturated carbocycles. The first-order valence-corrected chi connectivity index (χ1v) is 8.27. The highest BCUT2D eigenvalue weighted by Gasteiger charge is 2.16. The van der Waals surface area contributed by atoms with Crippen molar-refractivity contribution < 1.29 is 0 Å². The quantitative estimate of drug-likeness (QED) is 0.371. The topological polar surface area (TPSA) is 3.24 Å². The molecule has 0 spiro atoms. The predicted molar refractivity (Wildman–Crippen MR) is 105 cm³/mol. The Kier molecular flexibility index (Phi) is 2.77. The highest BCUT2D eigenvalue weighted by molar-refractivity contribution is 5.99. The van der Waals surface area contributed by atoms with Crippen LogP contribution in [0.3, 0.4) is 0 Å². The second-order valence-corrected chi connectivity index (χ2v) is 6.41.